The zero-order valence-corrected chi connectivity index (χ0v) is 21.3. The maximum absolute atomic E-state index is 13.6. The number of hydrogen-bond acceptors (Lipinski definition) is 6. The van der Waals surface area contributed by atoms with Crippen molar-refractivity contribution in [3.05, 3.63) is 35.6 Å². The van der Waals surface area contributed by atoms with Gasteiger partial charge in [0.25, 0.3) is 5.91 Å². The number of likely N-dealkylation sites (tertiary alicyclic amines) is 1. The Balaban J connectivity index is 1.56. The summed E-state index contributed by atoms with van der Waals surface area (Å²) in [6, 6.07) is 4.49. The monoisotopic (exact) mass is 503 g/mol. The molecule has 1 aromatic carbocycles. The Morgan fingerprint density at radius 2 is 1.75 bits per heavy atom. The molecule has 3 amide bonds. The second kappa shape index (κ2) is 12.1. The van der Waals surface area contributed by atoms with E-state index < -0.39 is 11.9 Å². The highest BCUT2D eigenvalue weighted by atomic mass is 19.1. The fourth-order valence-electron chi connectivity index (χ4n) is 5.23. The average Bonchev–Trinajstić information content (AvgIpc) is 3.34. The Kier molecular flexibility index (Phi) is 8.92. The second-order valence-electron chi connectivity index (χ2n) is 10.1. The van der Waals surface area contributed by atoms with E-state index >= 15 is 0 Å². The molecule has 198 valence electrons. The molecule has 0 bridgehead atoms. The van der Waals surface area contributed by atoms with Crippen LogP contribution in [0.4, 0.5) is 4.39 Å². The van der Waals surface area contributed by atoms with Gasteiger partial charge < -0.3 is 24.8 Å². The van der Waals surface area contributed by atoms with Crippen molar-refractivity contribution in [2.75, 3.05) is 72.1 Å². The molecule has 10 heteroatoms. The van der Waals surface area contributed by atoms with Crippen LogP contribution in [0.25, 0.3) is 0 Å². The Morgan fingerprint density at radius 1 is 1.08 bits per heavy atom. The number of morpholine rings is 1. The van der Waals surface area contributed by atoms with Crippen molar-refractivity contribution in [3.63, 3.8) is 0 Å². The largest absolute Gasteiger partial charge is 0.379 e. The molecule has 9 nitrogen and oxygen atoms in total. The molecule has 3 saturated heterocycles. The first-order valence-corrected chi connectivity index (χ1v) is 13.0. The lowest BCUT2D eigenvalue weighted by molar-refractivity contribution is -0.138. The highest BCUT2D eigenvalue weighted by molar-refractivity contribution is 5.98. The number of benzene rings is 1. The highest BCUT2D eigenvalue weighted by Gasteiger charge is 2.45. The molecular weight excluding hydrogens is 465 g/mol. The van der Waals surface area contributed by atoms with Crippen molar-refractivity contribution in [1.82, 2.24) is 24.9 Å². The molecule has 1 aromatic rings. The summed E-state index contributed by atoms with van der Waals surface area (Å²) in [5.74, 6) is -0.983. The Bertz CT molecular complexity index is 915. The second-order valence-corrected chi connectivity index (χ2v) is 10.1. The van der Waals surface area contributed by atoms with E-state index in [-0.39, 0.29) is 36.2 Å². The highest BCUT2D eigenvalue weighted by Crippen LogP contribution is 2.27. The van der Waals surface area contributed by atoms with Gasteiger partial charge in [0.2, 0.25) is 11.8 Å². The summed E-state index contributed by atoms with van der Waals surface area (Å²) in [5.41, 5.74) is 0.338. The van der Waals surface area contributed by atoms with Crippen LogP contribution < -0.4 is 5.32 Å². The van der Waals surface area contributed by atoms with E-state index in [2.05, 4.69) is 10.2 Å². The first kappa shape index (κ1) is 26.5. The molecular formula is C26H38FN5O4. The molecule has 3 aliphatic rings. The van der Waals surface area contributed by atoms with Crippen molar-refractivity contribution in [1.29, 1.82) is 0 Å². The molecule has 3 fully saturated rings. The van der Waals surface area contributed by atoms with Crippen molar-refractivity contribution in [3.8, 4) is 0 Å². The van der Waals surface area contributed by atoms with Gasteiger partial charge in [-0.3, -0.25) is 19.3 Å². The third-order valence-corrected chi connectivity index (χ3v) is 7.32. The number of rotatable bonds is 7. The van der Waals surface area contributed by atoms with Crippen LogP contribution in [-0.2, 0) is 14.3 Å². The van der Waals surface area contributed by atoms with Gasteiger partial charge in [-0.05, 0) is 30.7 Å². The van der Waals surface area contributed by atoms with E-state index in [9.17, 15) is 18.8 Å². The van der Waals surface area contributed by atoms with Gasteiger partial charge in [-0.2, -0.15) is 0 Å². The van der Waals surface area contributed by atoms with E-state index in [4.69, 9.17) is 4.74 Å². The summed E-state index contributed by atoms with van der Waals surface area (Å²) >= 11 is 0. The number of piperazine rings is 1. The van der Waals surface area contributed by atoms with Crippen LogP contribution in [0.2, 0.25) is 0 Å². The van der Waals surface area contributed by atoms with Gasteiger partial charge in [-0.25, -0.2) is 4.39 Å². The molecule has 0 spiro atoms. The van der Waals surface area contributed by atoms with Gasteiger partial charge in [0, 0.05) is 70.4 Å². The number of nitrogens with one attached hydrogen (secondary N) is 1. The molecule has 0 aliphatic carbocycles. The smallest absolute Gasteiger partial charge is 0.254 e. The number of hydrogen-bond donors (Lipinski definition) is 1. The molecule has 0 radical (unpaired) electrons. The van der Waals surface area contributed by atoms with Crippen molar-refractivity contribution < 1.29 is 23.5 Å². The lowest BCUT2D eigenvalue weighted by Gasteiger charge is -2.34. The fourth-order valence-corrected chi connectivity index (χ4v) is 5.23. The fraction of sp³-hybridized carbons (Fsp3) is 0.654. The van der Waals surface area contributed by atoms with Crippen molar-refractivity contribution in [2.24, 2.45) is 5.92 Å². The van der Waals surface area contributed by atoms with Crippen LogP contribution >= 0.6 is 0 Å². The Morgan fingerprint density at radius 3 is 2.39 bits per heavy atom. The third kappa shape index (κ3) is 6.22. The normalized spacial score (nSPS) is 23.2. The number of carbonyl (C=O) groups excluding carboxylic acids is 3. The van der Waals surface area contributed by atoms with Gasteiger partial charge in [0.15, 0.2) is 0 Å². The first-order valence-electron chi connectivity index (χ1n) is 13.0. The molecule has 2 unspecified atom stereocenters. The van der Waals surface area contributed by atoms with Crippen LogP contribution in [0.15, 0.2) is 24.3 Å². The maximum atomic E-state index is 13.6. The van der Waals surface area contributed by atoms with E-state index in [0.29, 0.717) is 57.9 Å². The molecule has 2 atom stereocenters. The molecule has 3 heterocycles. The minimum atomic E-state index is -0.656. The standard InChI is InChI=1S/C26H38FN5O4/c1-19(2)24(33)31(12-11-29-13-15-36-16-14-29)22-17-23(26(35)30-9-7-28-8-10-30)32(18-22)25(34)20-3-5-21(27)6-4-20/h3-6,19,22-23,28H,7-18H2,1-2H3. The zero-order valence-electron chi connectivity index (χ0n) is 21.3. The third-order valence-electron chi connectivity index (χ3n) is 7.32. The maximum Gasteiger partial charge on any atom is 0.254 e. The molecule has 0 aromatic heterocycles. The van der Waals surface area contributed by atoms with E-state index in [0.717, 1.165) is 19.6 Å². The average molecular weight is 504 g/mol. The number of carbonyl (C=O) groups is 3. The summed E-state index contributed by atoms with van der Waals surface area (Å²) in [6.07, 6.45) is 0.400. The molecule has 0 saturated carbocycles. The topological polar surface area (TPSA) is 85.4 Å². The SMILES string of the molecule is CC(C)C(=O)N(CCN1CCOCC1)C1CC(C(=O)N2CCNCC2)N(C(=O)c2ccc(F)cc2)C1. The van der Waals surface area contributed by atoms with Crippen LogP contribution in [-0.4, -0.2) is 122 Å². The Labute approximate surface area is 212 Å². The predicted octanol–water partition coefficient (Wildman–Crippen LogP) is 0.657. The van der Waals surface area contributed by atoms with Crippen LogP contribution in [0.1, 0.15) is 30.6 Å². The van der Waals surface area contributed by atoms with E-state index in [1.807, 2.05) is 18.7 Å². The number of halogens is 1. The summed E-state index contributed by atoms with van der Waals surface area (Å²) < 4.78 is 18.9. The molecule has 4 rings (SSSR count). The van der Waals surface area contributed by atoms with Crippen LogP contribution in [0.3, 0.4) is 0 Å². The van der Waals surface area contributed by atoms with Gasteiger partial charge in [0.1, 0.15) is 11.9 Å². The van der Waals surface area contributed by atoms with E-state index in [1.165, 1.54) is 24.3 Å². The summed E-state index contributed by atoms with van der Waals surface area (Å²) in [6.45, 7) is 10.9. The van der Waals surface area contributed by atoms with Gasteiger partial charge in [-0.15, -0.1) is 0 Å². The van der Waals surface area contributed by atoms with Crippen molar-refractivity contribution in [2.45, 2.75) is 32.4 Å². The van der Waals surface area contributed by atoms with Crippen LogP contribution in [0.5, 0.6) is 0 Å². The molecule has 1 N–H and O–H groups in total. The minimum absolute atomic E-state index is 0.0257. The predicted molar refractivity (Wildman–Crippen MR) is 133 cm³/mol. The van der Waals surface area contributed by atoms with Gasteiger partial charge in [0.05, 0.1) is 19.3 Å². The Hall–Kier alpha value is -2.56. The van der Waals surface area contributed by atoms with Crippen molar-refractivity contribution >= 4 is 17.7 Å². The lowest BCUT2D eigenvalue weighted by atomic mass is 10.1. The van der Waals surface area contributed by atoms with Gasteiger partial charge in [-0.1, -0.05) is 13.8 Å². The van der Waals surface area contributed by atoms with E-state index in [1.54, 1.807) is 9.80 Å². The van der Waals surface area contributed by atoms with Crippen LogP contribution in [0, 0.1) is 11.7 Å². The number of amides is 3. The van der Waals surface area contributed by atoms with Gasteiger partial charge >= 0.3 is 0 Å². The molecule has 36 heavy (non-hydrogen) atoms. The minimum Gasteiger partial charge on any atom is -0.379 e. The lowest BCUT2D eigenvalue weighted by Crippen LogP contribution is -2.53. The quantitative estimate of drug-likeness (QED) is 0.589. The number of nitrogens with zero attached hydrogens (tertiary/aromatic N) is 4. The summed E-state index contributed by atoms with van der Waals surface area (Å²) in [4.78, 5) is 48.0. The first-order chi connectivity index (χ1) is 17.3. The summed E-state index contributed by atoms with van der Waals surface area (Å²) in [5, 5.41) is 3.25. The molecule has 3 aliphatic heterocycles. The summed E-state index contributed by atoms with van der Waals surface area (Å²) in [7, 11) is 0. The zero-order chi connectivity index (χ0) is 25.7. The number of ether oxygens (including phenoxy) is 1.